The van der Waals surface area contributed by atoms with Crippen molar-refractivity contribution in [2.45, 2.75) is 119 Å². The first-order chi connectivity index (χ1) is 18.4. The highest BCUT2D eigenvalue weighted by Gasteiger charge is 2.70. The molecule has 5 rings (SSSR count). The zero-order chi connectivity index (χ0) is 29.5. The molecule has 4 fully saturated rings. The van der Waals surface area contributed by atoms with Gasteiger partial charge < -0.3 is 15.2 Å². The summed E-state index contributed by atoms with van der Waals surface area (Å²) >= 11 is 0. The lowest BCUT2D eigenvalue weighted by Gasteiger charge is -2.70. The van der Waals surface area contributed by atoms with Crippen LogP contribution in [-0.2, 0) is 23.9 Å². The van der Waals surface area contributed by atoms with E-state index in [4.69, 9.17) is 15.2 Å². The first kappa shape index (κ1) is 29.8. The lowest BCUT2D eigenvalue weighted by atomic mass is 9.33. The van der Waals surface area contributed by atoms with Crippen LogP contribution in [0.3, 0.4) is 0 Å². The van der Waals surface area contributed by atoms with Crippen molar-refractivity contribution in [3.05, 3.63) is 11.6 Å². The Labute approximate surface area is 241 Å². The van der Waals surface area contributed by atoms with Crippen molar-refractivity contribution in [2.24, 2.45) is 56.0 Å². The van der Waals surface area contributed by atoms with E-state index in [1.54, 1.807) is 0 Å². The number of amides is 1. The average Bonchev–Trinajstić information content (AvgIpc) is 2.85. The van der Waals surface area contributed by atoms with Gasteiger partial charge in [0.1, 0.15) is 6.61 Å². The summed E-state index contributed by atoms with van der Waals surface area (Å²) in [7, 11) is 0. The van der Waals surface area contributed by atoms with Crippen molar-refractivity contribution in [1.82, 2.24) is 0 Å². The number of nitrogens with two attached hydrogens (primary N) is 1. The van der Waals surface area contributed by atoms with E-state index in [9.17, 15) is 14.4 Å². The van der Waals surface area contributed by atoms with Gasteiger partial charge in [0.2, 0.25) is 5.91 Å². The van der Waals surface area contributed by atoms with Crippen LogP contribution >= 0.6 is 0 Å². The van der Waals surface area contributed by atoms with Crippen molar-refractivity contribution in [3.8, 4) is 0 Å². The maximum Gasteiger partial charge on any atom is 0.302 e. The van der Waals surface area contributed by atoms with Crippen LogP contribution in [0.25, 0.3) is 0 Å². The molecule has 1 unspecified atom stereocenters. The Morgan fingerprint density at radius 2 is 1.60 bits per heavy atom. The Bertz CT molecular complexity index is 1130. The molecule has 0 heterocycles. The topological polar surface area (TPSA) is 95.7 Å². The monoisotopic (exact) mass is 555 g/mol. The predicted molar refractivity (Wildman–Crippen MR) is 155 cm³/mol. The Morgan fingerprint density at radius 3 is 2.25 bits per heavy atom. The van der Waals surface area contributed by atoms with Gasteiger partial charge in [0.15, 0.2) is 5.78 Å². The third-order valence-electron chi connectivity index (χ3n) is 13.8. The van der Waals surface area contributed by atoms with E-state index in [-0.39, 0.29) is 63.5 Å². The number of ketones is 1. The molecule has 0 radical (unpaired) electrons. The van der Waals surface area contributed by atoms with Crippen molar-refractivity contribution in [1.29, 1.82) is 0 Å². The summed E-state index contributed by atoms with van der Waals surface area (Å²) in [6.45, 7) is 18.5. The minimum Gasteiger partial charge on any atom is -0.463 e. The lowest BCUT2D eigenvalue weighted by molar-refractivity contribution is -0.210. The summed E-state index contributed by atoms with van der Waals surface area (Å²) < 4.78 is 11.5. The predicted octanol–water partition coefficient (Wildman–Crippen LogP) is 6.40. The average molecular weight is 556 g/mol. The van der Waals surface area contributed by atoms with Gasteiger partial charge in [-0.05, 0) is 103 Å². The molecule has 224 valence electrons. The highest BCUT2D eigenvalue weighted by molar-refractivity contribution is 5.95. The molecule has 5 aliphatic rings. The summed E-state index contributed by atoms with van der Waals surface area (Å²) in [5.74, 6) is 0.401. The summed E-state index contributed by atoms with van der Waals surface area (Å²) in [5, 5.41) is 0. The van der Waals surface area contributed by atoms with Gasteiger partial charge in [0, 0.05) is 18.3 Å². The SMILES string of the molecule is CC(=O)OCCO[C@H]1CC[C@@]2(C)C(CC[C@]3(C)[C@@H]2C(=O)C=C2[C@@H]4C[C@@](C)(C(N)=O)CC[C@]4(C)CC[C@]23C)C1(C)C. The number of allylic oxidation sites excluding steroid dienone is 2. The molecule has 0 bridgehead atoms. The number of hydrogen-bond donors (Lipinski definition) is 1. The van der Waals surface area contributed by atoms with Crippen LogP contribution < -0.4 is 5.73 Å². The van der Waals surface area contributed by atoms with Gasteiger partial charge in [-0.25, -0.2) is 0 Å². The van der Waals surface area contributed by atoms with Crippen molar-refractivity contribution < 1.29 is 23.9 Å². The number of primary amides is 1. The standard InChI is InChI=1S/C34H53NO5/c1-21(36)39-17-18-40-26-10-11-32(6)25(29(26,2)3)9-12-34(8)27(32)24(37)19-22-23-20-31(5,28(35)38)14-13-30(23,4)15-16-33(22,34)7/h19,23,25-27H,9-18,20H2,1-8H3,(H2,35,38)/t23-,25?,26-,27+,30+,31-,32-,33+,34+/m0/s1. The van der Waals surface area contributed by atoms with Gasteiger partial charge in [0.05, 0.1) is 12.7 Å². The van der Waals surface area contributed by atoms with Gasteiger partial charge in [-0.2, -0.15) is 0 Å². The molecule has 6 heteroatoms. The third-order valence-corrected chi connectivity index (χ3v) is 13.8. The number of fused-ring (bicyclic) bond motifs is 7. The molecule has 0 aromatic carbocycles. The Balaban J connectivity index is 1.48. The summed E-state index contributed by atoms with van der Waals surface area (Å²) in [5.41, 5.74) is 6.49. The number of rotatable bonds is 5. The molecule has 0 aliphatic heterocycles. The van der Waals surface area contributed by atoms with Gasteiger partial charge in [-0.15, -0.1) is 0 Å². The van der Waals surface area contributed by atoms with Gasteiger partial charge in [-0.1, -0.05) is 54.0 Å². The Morgan fingerprint density at radius 1 is 0.925 bits per heavy atom. The number of carbonyl (C=O) groups is 3. The Hall–Kier alpha value is -1.69. The second kappa shape index (κ2) is 9.41. The van der Waals surface area contributed by atoms with Crippen LogP contribution in [0.1, 0.15) is 113 Å². The molecule has 40 heavy (non-hydrogen) atoms. The first-order valence-corrected chi connectivity index (χ1v) is 15.8. The van der Waals surface area contributed by atoms with E-state index in [2.05, 4.69) is 47.6 Å². The highest BCUT2D eigenvalue weighted by Crippen LogP contribution is 2.75. The molecule has 0 aromatic rings. The van der Waals surface area contributed by atoms with E-state index >= 15 is 0 Å². The number of hydrogen-bond acceptors (Lipinski definition) is 5. The fourth-order valence-corrected chi connectivity index (χ4v) is 11.1. The van der Waals surface area contributed by atoms with Crippen molar-refractivity contribution >= 4 is 17.7 Å². The molecule has 5 aliphatic carbocycles. The highest BCUT2D eigenvalue weighted by atomic mass is 16.6. The van der Waals surface area contributed by atoms with Gasteiger partial charge in [-0.3, -0.25) is 14.4 Å². The molecular formula is C34H53NO5. The quantitative estimate of drug-likeness (QED) is 0.313. The molecule has 9 atom stereocenters. The smallest absolute Gasteiger partial charge is 0.302 e. The van der Waals surface area contributed by atoms with Gasteiger partial charge in [0.25, 0.3) is 0 Å². The Kier molecular flexibility index (Phi) is 7.01. The van der Waals surface area contributed by atoms with E-state index in [0.717, 1.165) is 57.8 Å². The summed E-state index contributed by atoms with van der Waals surface area (Å²) in [4.78, 5) is 38.2. The van der Waals surface area contributed by atoms with Crippen LogP contribution in [0, 0.1) is 50.2 Å². The number of esters is 1. The zero-order valence-electron chi connectivity index (χ0n) is 26.3. The minimum atomic E-state index is -0.508. The summed E-state index contributed by atoms with van der Waals surface area (Å²) in [6.07, 6.45) is 11.0. The van der Waals surface area contributed by atoms with E-state index in [1.165, 1.54) is 12.5 Å². The molecule has 1 amide bonds. The minimum absolute atomic E-state index is 0.0239. The number of carbonyl (C=O) groups excluding carboxylic acids is 3. The second-order valence-corrected chi connectivity index (χ2v) is 16.2. The fourth-order valence-electron chi connectivity index (χ4n) is 11.1. The fraction of sp³-hybridized carbons (Fsp3) is 0.853. The molecule has 6 nitrogen and oxygen atoms in total. The molecule has 2 N–H and O–H groups in total. The second-order valence-electron chi connectivity index (χ2n) is 16.2. The van der Waals surface area contributed by atoms with Crippen molar-refractivity contribution in [3.63, 3.8) is 0 Å². The number of ether oxygens (including phenoxy) is 2. The summed E-state index contributed by atoms with van der Waals surface area (Å²) in [6, 6.07) is 0. The van der Waals surface area contributed by atoms with E-state index in [0.29, 0.717) is 18.3 Å². The molecule has 0 saturated heterocycles. The van der Waals surface area contributed by atoms with Crippen LogP contribution in [0.4, 0.5) is 0 Å². The largest absolute Gasteiger partial charge is 0.463 e. The molecule has 0 spiro atoms. The van der Waals surface area contributed by atoms with Crippen LogP contribution in [0.2, 0.25) is 0 Å². The molecule has 4 saturated carbocycles. The van der Waals surface area contributed by atoms with E-state index in [1.807, 2.05) is 6.92 Å². The van der Waals surface area contributed by atoms with Crippen LogP contribution in [0.15, 0.2) is 11.6 Å². The van der Waals surface area contributed by atoms with Crippen molar-refractivity contribution in [2.75, 3.05) is 13.2 Å². The maximum atomic E-state index is 14.5. The zero-order valence-corrected chi connectivity index (χ0v) is 26.3. The molecular weight excluding hydrogens is 502 g/mol. The van der Waals surface area contributed by atoms with E-state index < -0.39 is 5.41 Å². The van der Waals surface area contributed by atoms with Crippen LogP contribution in [-0.4, -0.2) is 37.0 Å². The van der Waals surface area contributed by atoms with Gasteiger partial charge >= 0.3 is 5.97 Å². The third kappa shape index (κ3) is 4.08. The molecule has 0 aromatic heterocycles. The maximum absolute atomic E-state index is 14.5. The lowest BCUT2D eigenvalue weighted by Crippen LogP contribution is -2.66. The first-order valence-electron chi connectivity index (χ1n) is 15.8. The normalized spacial score (nSPS) is 47.6. The van der Waals surface area contributed by atoms with Crippen LogP contribution in [0.5, 0.6) is 0 Å².